The highest BCUT2D eigenvalue weighted by atomic mass is 35.5. The van der Waals surface area contributed by atoms with Crippen molar-refractivity contribution < 1.29 is 0 Å². The first-order valence-electron chi connectivity index (χ1n) is 14.3. The highest BCUT2D eigenvalue weighted by molar-refractivity contribution is 6.19. The van der Waals surface area contributed by atoms with Crippen LogP contribution in [-0.2, 0) is 0 Å². The fourth-order valence-corrected chi connectivity index (χ4v) is 5.96. The Morgan fingerprint density at radius 3 is 2.39 bits per heavy atom. The van der Waals surface area contributed by atoms with Gasteiger partial charge in [-0.05, 0) is 90.8 Å². The minimum absolute atomic E-state index is 0.147. The Morgan fingerprint density at radius 1 is 0.951 bits per heavy atom. The third-order valence-corrected chi connectivity index (χ3v) is 8.05. The van der Waals surface area contributed by atoms with Gasteiger partial charge in [-0.2, -0.15) is 0 Å². The van der Waals surface area contributed by atoms with Crippen LogP contribution in [0.2, 0.25) is 0 Å². The van der Waals surface area contributed by atoms with Crippen molar-refractivity contribution in [2.24, 2.45) is 20.9 Å². The van der Waals surface area contributed by atoms with Gasteiger partial charge < -0.3 is 0 Å². The summed E-state index contributed by atoms with van der Waals surface area (Å²) in [5.41, 5.74) is 11.0. The van der Waals surface area contributed by atoms with Gasteiger partial charge in [0.1, 0.15) is 6.00 Å². The Bertz CT molecular complexity index is 1560. The summed E-state index contributed by atoms with van der Waals surface area (Å²) >= 11 is 6.00. The molecule has 2 aromatic rings. The van der Waals surface area contributed by atoms with Crippen LogP contribution in [0.5, 0.6) is 0 Å². The first kappa shape index (κ1) is 28.4. The van der Waals surface area contributed by atoms with Gasteiger partial charge >= 0.3 is 0 Å². The number of amidine groups is 2. The van der Waals surface area contributed by atoms with Crippen molar-refractivity contribution in [1.82, 2.24) is 0 Å². The van der Waals surface area contributed by atoms with Crippen LogP contribution in [0.1, 0.15) is 44.6 Å². The molecule has 4 heteroatoms. The summed E-state index contributed by atoms with van der Waals surface area (Å²) in [6.07, 6.45) is 19.8. The molecule has 0 saturated heterocycles. The molecule has 3 aliphatic carbocycles. The van der Waals surface area contributed by atoms with Gasteiger partial charge in [0.2, 0.25) is 0 Å². The van der Waals surface area contributed by atoms with E-state index in [0.717, 1.165) is 48.8 Å². The van der Waals surface area contributed by atoms with E-state index in [1.165, 1.54) is 33.4 Å². The summed E-state index contributed by atoms with van der Waals surface area (Å²) in [7, 11) is 0. The van der Waals surface area contributed by atoms with E-state index in [1.807, 2.05) is 18.2 Å². The Morgan fingerprint density at radius 2 is 1.71 bits per heavy atom. The van der Waals surface area contributed by atoms with Gasteiger partial charge in [-0.1, -0.05) is 103 Å². The molecule has 0 spiro atoms. The lowest BCUT2D eigenvalue weighted by molar-refractivity contribution is 0.728. The molecule has 2 aromatic carbocycles. The van der Waals surface area contributed by atoms with E-state index in [1.54, 1.807) is 0 Å². The third-order valence-electron chi connectivity index (χ3n) is 7.93. The molecule has 3 aliphatic rings. The lowest BCUT2D eigenvalue weighted by atomic mass is 9.74. The van der Waals surface area contributed by atoms with Crippen LogP contribution in [0.25, 0.3) is 16.7 Å². The van der Waals surface area contributed by atoms with Gasteiger partial charge in [-0.3, -0.25) is 4.99 Å². The van der Waals surface area contributed by atoms with E-state index in [9.17, 15) is 0 Å². The molecule has 0 aromatic heterocycles. The Balaban J connectivity index is 1.44. The summed E-state index contributed by atoms with van der Waals surface area (Å²) in [4.78, 5) is 13.6. The lowest BCUT2D eigenvalue weighted by Crippen LogP contribution is -2.17. The molecule has 0 fully saturated rings. The van der Waals surface area contributed by atoms with Crippen molar-refractivity contribution in [2.75, 3.05) is 6.00 Å². The second-order valence-corrected chi connectivity index (χ2v) is 10.7. The van der Waals surface area contributed by atoms with E-state index >= 15 is 0 Å². The predicted molar refractivity (Wildman–Crippen MR) is 178 cm³/mol. The van der Waals surface area contributed by atoms with Gasteiger partial charge in [0.25, 0.3) is 0 Å². The molecule has 1 unspecified atom stereocenters. The number of nitrogens with zero attached hydrogens (tertiary/aromatic N) is 3. The Labute approximate surface area is 249 Å². The Kier molecular flexibility index (Phi) is 9.38. The summed E-state index contributed by atoms with van der Waals surface area (Å²) in [5, 5.41) is 0. The highest BCUT2D eigenvalue weighted by Crippen LogP contribution is 2.43. The number of alkyl halides is 1. The maximum Gasteiger partial charge on any atom is 0.160 e. The molecule has 41 heavy (non-hydrogen) atoms. The number of hydrogen-bond donors (Lipinski definition) is 0. The molecule has 5 rings (SSSR count). The molecule has 0 aliphatic heterocycles. The number of benzene rings is 2. The zero-order valence-corrected chi connectivity index (χ0v) is 24.4. The second-order valence-electron chi connectivity index (χ2n) is 10.4. The van der Waals surface area contributed by atoms with Gasteiger partial charge in [-0.15, -0.1) is 11.6 Å². The third kappa shape index (κ3) is 6.47. The molecule has 1 atom stereocenters. The normalized spacial score (nSPS) is 19.7. The van der Waals surface area contributed by atoms with Crippen molar-refractivity contribution in [1.29, 1.82) is 0 Å². The first-order chi connectivity index (χ1) is 20.1. The van der Waals surface area contributed by atoms with Gasteiger partial charge in [0.05, 0.1) is 0 Å². The number of rotatable bonds is 7. The molecule has 206 valence electrons. The number of hydrogen-bond acceptors (Lipinski definition) is 1. The lowest BCUT2D eigenvalue weighted by Gasteiger charge is -2.31. The van der Waals surface area contributed by atoms with Crippen LogP contribution >= 0.6 is 11.6 Å². The van der Waals surface area contributed by atoms with E-state index in [4.69, 9.17) is 16.6 Å². The van der Waals surface area contributed by atoms with Gasteiger partial charge in [0, 0.05) is 11.5 Å². The van der Waals surface area contributed by atoms with E-state index in [-0.39, 0.29) is 11.9 Å². The minimum Gasteiger partial charge on any atom is -0.250 e. The quantitative estimate of drug-likeness (QED) is 0.141. The maximum absolute atomic E-state index is 6.00. The van der Waals surface area contributed by atoms with Crippen molar-refractivity contribution in [3.63, 3.8) is 0 Å². The summed E-state index contributed by atoms with van der Waals surface area (Å²) in [6, 6.07) is 19.6. The van der Waals surface area contributed by atoms with Crippen LogP contribution in [-0.4, -0.2) is 24.4 Å². The average molecular weight is 558 g/mol. The SMILES string of the molecule is C=CC1=CC(/C(N=C)=N/C(=N\CCl)C2=CC=CCC2)=CCC1C1=C(C)CCC=C1c1ccc(-c2ccccc2)cc1. The van der Waals surface area contributed by atoms with Crippen molar-refractivity contribution >= 4 is 35.6 Å². The smallest absolute Gasteiger partial charge is 0.160 e. The van der Waals surface area contributed by atoms with Crippen LogP contribution in [0, 0.1) is 5.92 Å². The second kappa shape index (κ2) is 13.5. The first-order valence-corrected chi connectivity index (χ1v) is 14.8. The van der Waals surface area contributed by atoms with Crippen molar-refractivity contribution in [3.8, 4) is 11.1 Å². The van der Waals surface area contributed by atoms with E-state index in [0.29, 0.717) is 11.7 Å². The van der Waals surface area contributed by atoms with Crippen molar-refractivity contribution in [3.05, 3.63) is 137 Å². The highest BCUT2D eigenvalue weighted by Gasteiger charge is 2.28. The minimum atomic E-state index is 0.147. The molecule has 0 heterocycles. The summed E-state index contributed by atoms with van der Waals surface area (Å²) in [5.74, 6) is 1.40. The molecular formula is C37H36ClN3. The largest absolute Gasteiger partial charge is 0.250 e. The fraction of sp³-hybridized carbons (Fsp3) is 0.216. The van der Waals surface area contributed by atoms with Crippen LogP contribution < -0.4 is 0 Å². The zero-order chi connectivity index (χ0) is 28.6. The molecule has 0 bridgehead atoms. The fourth-order valence-electron chi connectivity index (χ4n) is 5.85. The maximum atomic E-state index is 6.00. The van der Waals surface area contributed by atoms with E-state index < -0.39 is 0 Å². The van der Waals surface area contributed by atoms with Crippen LogP contribution in [0.4, 0.5) is 0 Å². The number of allylic oxidation sites excluding steroid dienone is 10. The zero-order valence-electron chi connectivity index (χ0n) is 23.7. The van der Waals surface area contributed by atoms with Crippen molar-refractivity contribution in [2.45, 2.75) is 39.0 Å². The molecule has 0 amide bonds. The standard InChI is InChI=1S/C37H36ClN3/c1-4-27-24-32(36(39-3)41-37(40-25-38)31-15-9-6-10-16-31)22-23-34(27)35-26(2)12-11-17-33(35)30-20-18-29(19-21-30)28-13-7-5-8-14-28/h4-9,13-15,17-22,24,34H,1,3,10-12,16,23,25H2,2H3/b40-37-,41-36-. The molecule has 3 nitrogen and oxygen atoms in total. The Hall–Kier alpha value is -4.08. The number of aliphatic imine (C=N–C) groups is 3. The van der Waals surface area contributed by atoms with Crippen LogP contribution in [0.3, 0.4) is 0 Å². The summed E-state index contributed by atoms with van der Waals surface area (Å²) < 4.78 is 0. The van der Waals surface area contributed by atoms with Gasteiger partial charge in [0.15, 0.2) is 11.7 Å². The number of halogens is 1. The van der Waals surface area contributed by atoms with Gasteiger partial charge in [-0.25, -0.2) is 9.98 Å². The average Bonchev–Trinajstić information content (AvgIpc) is 3.03. The molecular weight excluding hydrogens is 522 g/mol. The monoisotopic (exact) mass is 557 g/mol. The van der Waals surface area contributed by atoms with E-state index in [2.05, 4.69) is 109 Å². The van der Waals surface area contributed by atoms with Crippen LogP contribution in [0.15, 0.2) is 147 Å². The topological polar surface area (TPSA) is 37.1 Å². The molecule has 0 N–H and O–H groups in total. The molecule has 0 radical (unpaired) electrons. The predicted octanol–water partition coefficient (Wildman–Crippen LogP) is 9.88. The summed E-state index contributed by atoms with van der Waals surface area (Å²) in [6.45, 7) is 10.3. The molecule has 0 saturated carbocycles.